The van der Waals surface area contributed by atoms with E-state index in [-0.39, 0.29) is 40.8 Å². The van der Waals surface area contributed by atoms with Gasteiger partial charge in [0, 0.05) is 18.6 Å². The fraction of sp³-hybridized carbons (Fsp3) is 0.312. The zero-order valence-corrected chi connectivity index (χ0v) is 12.0. The van der Waals surface area contributed by atoms with Crippen molar-refractivity contribution in [2.45, 2.75) is 25.4 Å². The number of fused-ring (bicyclic) bond motifs is 1. The van der Waals surface area contributed by atoms with E-state index in [1.807, 2.05) is 0 Å². The molecule has 0 amide bonds. The lowest BCUT2D eigenvalue weighted by Crippen LogP contribution is -2.29. The second-order valence-corrected chi connectivity index (χ2v) is 5.31. The van der Waals surface area contributed by atoms with Gasteiger partial charge in [-0.1, -0.05) is 0 Å². The summed E-state index contributed by atoms with van der Waals surface area (Å²) in [6.07, 6.45) is 2.23. The molecule has 0 fully saturated rings. The van der Waals surface area contributed by atoms with Gasteiger partial charge in [0.05, 0.1) is 13.5 Å². The van der Waals surface area contributed by atoms with Crippen LogP contribution in [0.1, 0.15) is 29.6 Å². The highest BCUT2D eigenvalue weighted by atomic mass is 16.5. The summed E-state index contributed by atoms with van der Waals surface area (Å²) in [4.78, 5) is 12.2. The number of carbonyl (C=O) groups excluding carboxylic acids is 1. The molecule has 1 unspecified atom stereocenters. The third-order valence-corrected chi connectivity index (χ3v) is 3.87. The summed E-state index contributed by atoms with van der Waals surface area (Å²) in [7, 11) is 1.46. The second kappa shape index (κ2) is 5.29. The van der Waals surface area contributed by atoms with E-state index in [1.165, 1.54) is 13.2 Å². The number of aliphatic hydroxyl groups is 1. The fourth-order valence-corrected chi connectivity index (χ4v) is 2.77. The van der Waals surface area contributed by atoms with Gasteiger partial charge in [-0.3, -0.25) is 4.79 Å². The molecule has 1 atom stereocenters. The van der Waals surface area contributed by atoms with Crippen molar-refractivity contribution in [3.8, 4) is 17.2 Å². The minimum Gasteiger partial charge on any atom is -0.508 e. The predicted molar refractivity (Wildman–Crippen MR) is 77.1 cm³/mol. The SMILES string of the molecule is COC1=C(O)CCC(C2CC(=O)c3c(O)cc(O)cc3O2)=C1. The third-order valence-electron chi connectivity index (χ3n) is 3.87. The Bertz CT molecular complexity index is 701. The Balaban J connectivity index is 1.95. The standard InChI is InChI=1S/C16H16O6/c1-21-14-4-8(2-3-10(14)18)13-7-12(20)16-11(19)5-9(17)6-15(16)22-13/h4-6,13,17-19H,2-3,7H2,1H3. The van der Waals surface area contributed by atoms with Crippen LogP contribution in [-0.2, 0) is 4.74 Å². The van der Waals surface area contributed by atoms with Crippen LogP contribution < -0.4 is 4.74 Å². The number of phenolic OH excluding ortho intramolecular Hbond substituents is 2. The average molecular weight is 304 g/mol. The quantitative estimate of drug-likeness (QED) is 0.777. The summed E-state index contributed by atoms with van der Waals surface area (Å²) < 4.78 is 10.9. The number of hydrogen-bond donors (Lipinski definition) is 3. The van der Waals surface area contributed by atoms with Crippen molar-refractivity contribution in [1.29, 1.82) is 0 Å². The lowest BCUT2D eigenvalue weighted by Gasteiger charge is -2.29. The predicted octanol–water partition coefficient (Wildman–Crippen LogP) is 2.57. The van der Waals surface area contributed by atoms with Crippen LogP contribution in [0.15, 0.2) is 35.3 Å². The van der Waals surface area contributed by atoms with Crippen LogP contribution in [0.25, 0.3) is 0 Å². The average Bonchev–Trinajstić information content (AvgIpc) is 2.46. The first-order valence-electron chi connectivity index (χ1n) is 6.92. The summed E-state index contributed by atoms with van der Waals surface area (Å²) in [5.74, 6) is -0.00523. The van der Waals surface area contributed by atoms with Crippen molar-refractivity contribution in [2.24, 2.45) is 0 Å². The lowest BCUT2D eigenvalue weighted by molar-refractivity contribution is 0.0875. The zero-order valence-electron chi connectivity index (χ0n) is 12.0. The normalized spacial score (nSPS) is 21.0. The number of aromatic hydroxyl groups is 2. The van der Waals surface area contributed by atoms with Crippen molar-refractivity contribution in [2.75, 3.05) is 7.11 Å². The number of methoxy groups -OCH3 is 1. The highest BCUT2D eigenvalue weighted by Gasteiger charge is 2.33. The second-order valence-electron chi connectivity index (χ2n) is 5.31. The highest BCUT2D eigenvalue weighted by molar-refractivity contribution is 6.02. The Morgan fingerprint density at radius 2 is 2.00 bits per heavy atom. The van der Waals surface area contributed by atoms with Gasteiger partial charge in [0.25, 0.3) is 0 Å². The van der Waals surface area contributed by atoms with Gasteiger partial charge in [-0.15, -0.1) is 0 Å². The number of carbonyl (C=O) groups is 1. The first-order valence-corrected chi connectivity index (χ1v) is 6.92. The van der Waals surface area contributed by atoms with Crippen LogP contribution >= 0.6 is 0 Å². The summed E-state index contributed by atoms with van der Waals surface area (Å²) >= 11 is 0. The molecular formula is C16H16O6. The van der Waals surface area contributed by atoms with E-state index in [9.17, 15) is 20.1 Å². The molecule has 1 aromatic rings. The molecule has 0 bridgehead atoms. The molecule has 22 heavy (non-hydrogen) atoms. The maximum absolute atomic E-state index is 12.2. The van der Waals surface area contributed by atoms with Crippen LogP contribution in [0, 0.1) is 0 Å². The van der Waals surface area contributed by atoms with Gasteiger partial charge >= 0.3 is 0 Å². The van der Waals surface area contributed by atoms with Gasteiger partial charge in [0.15, 0.2) is 11.5 Å². The van der Waals surface area contributed by atoms with E-state index >= 15 is 0 Å². The van der Waals surface area contributed by atoms with Crippen LogP contribution in [0.4, 0.5) is 0 Å². The van der Waals surface area contributed by atoms with E-state index in [0.29, 0.717) is 18.6 Å². The van der Waals surface area contributed by atoms with Gasteiger partial charge in [0.2, 0.25) is 0 Å². The minimum atomic E-state index is -0.501. The fourth-order valence-electron chi connectivity index (χ4n) is 2.77. The summed E-state index contributed by atoms with van der Waals surface area (Å²) in [6, 6.07) is 2.43. The van der Waals surface area contributed by atoms with E-state index in [0.717, 1.165) is 11.6 Å². The van der Waals surface area contributed by atoms with Crippen molar-refractivity contribution in [3.63, 3.8) is 0 Å². The van der Waals surface area contributed by atoms with Crippen LogP contribution in [0.3, 0.4) is 0 Å². The third kappa shape index (κ3) is 2.36. The number of hydrogen-bond acceptors (Lipinski definition) is 6. The number of Topliss-reactive ketones (excluding diaryl/α,β-unsaturated/α-hetero) is 1. The molecule has 0 aromatic heterocycles. The molecule has 2 aliphatic rings. The Hall–Kier alpha value is -2.63. The number of allylic oxidation sites excluding steroid dienone is 2. The van der Waals surface area contributed by atoms with Gasteiger partial charge in [0.1, 0.15) is 34.7 Å². The van der Waals surface area contributed by atoms with E-state index in [2.05, 4.69) is 0 Å². The van der Waals surface area contributed by atoms with Crippen LogP contribution in [-0.4, -0.2) is 34.3 Å². The monoisotopic (exact) mass is 304 g/mol. The molecule has 116 valence electrons. The maximum atomic E-state index is 12.2. The summed E-state index contributed by atoms with van der Waals surface area (Å²) in [5.41, 5.74) is 0.923. The Morgan fingerprint density at radius 1 is 1.23 bits per heavy atom. The first-order chi connectivity index (χ1) is 10.5. The summed E-state index contributed by atoms with van der Waals surface area (Å²) in [5, 5.41) is 29.0. The zero-order chi connectivity index (χ0) is 15.9. The highest BCUT2D eigenvalue weighted by Crippen LogP contribution is 2.40. The topological polar surface area (TPSA) is 96.2 Å². The number of phenols is 2. The van der Waals surface area contributed by atoms with Crippen molar-refractivity contribution >= 4 is 5.78 Å². The molecule has 1 aliphatic carbocycles. The molecule has 0 saturated carbocycles. The minimum absolute atomic E-state index is 0.0922. The molecule has 1 heterocycles. The molecule has 1 aromatic carbocycles. The molecule has 0 saturated heterocycles. The van der Waals surface area contributed by atoms with Gasteiger partial charge in [-0.2, -0.15) is 0 Å². The van der Waals surface area contributed by atoms with Gasteiger partial charge in [-0.05, 0) is 18.1 Å². The van der Waals surface area contributed by atoms with Crippen molar-refractivity contribution in [1.82, 2.24) is 0 Å². The molecule has 6 nitrogen and oxygen atoms in total. The molecule has 0 radical (unpaired) electrons. The molecule has 0 spiro atoms. The molecular weight excluding hydrogens is 288 g/mol. The largest absolute Gasteiger partial charge is 0.508 e. The van der Waals surface area contributed by atoms with Crippen LogP contribution in [0.2, 0.25) is 0 Å². The molecule has 3 N–H and O–H groups in total. The maximum Gasteiger partial charge on any atom is 0.174 e. The Kier molecular flexibility index (Phi) is 3.44. The Labute approximate surface area is 126 Å². The van der Waals surface area contributed by atoms with Crippen LogP contribution in [0.5, 0.6) is 17.2 Å². The smallest absolute Gasteiger partial charge is 0.174 e. The number of ketones is 1. The molecule has 1 aliphatic heterocycles. The molecule has 6 heteroatoms. The number of rotatable bonds is 2. The van der Waals surface area contributed by atoms with Gasteiger partial charge < -0.3 is 24.8 Å². The van der Waals surface area contributed by atoms with E-state index in [4.69, 9.17) is 9.47 Å². The van der Waals surface area contributed by atoms with Gasteiger partial charge in [-0.25, -0.2) is 0 Å². The van der Waals surface area contributed by atoms with E-state index < -0.39 is 6.10 Å². The Morgan fingerprint density at radius 3 is 2.73 bits per heavy atom. The number of aliphatic hydroxyl groups excluding tert-OH is 1. The van der Waals surface area contributed by atoms with Crippen molar-refractivity contribution < 1.29 is 29.6 Å². The van der Waals surface area contributed by atoms with Crippen molar-refractivity contribution in [3.05, 3.63) is 40.9 Å². The number of benzene rings is 1. The first kappa shape index (κ1) is 14.3. The lowest BCUT2D eigenvalue weighted by atomic mass is 9.90. The van der Waals surface area contributed by atoms with E-state index in [1.54, 1.807) is 6.08 Å². The number of ether oxygens (including phenoxy) is 2. The molecule has 3 rings (SSSR count). The summed E-state index contributed by atoms with van der Waals surface area (Å²) in [6.45, 7) is 0.